The molecule has 0 saturated carbocycles. The molecule has 0 aliphatic rings. The Balaban J connectivity index is 2.19. The van der Waals surface area contributed by atoms with E-state index in [-0.39, 0.29) is 11.0 Å². The SMILES string of the molecule is CC(=O)NC(=S)Nc1ccc2oc(C)cc2c1. The van der Waals surface area contributed by atoms with Gasteiger partial charge in [0.1, 0.15) is 11.3 Å². The van der Waals surface area contributed by atoms with Crippen molar-refractivity contribution in [3.63, 3.8) is 0 Å². The van der Waals surface area contributed by atoms with Crippen LogP contribution in [0.5, 0.6) is 0 Å². The average Bonchev–Trinajstić information content (AvgIpc) is 2.55. The third-order valence-electron chi connectivity index (χ3n) is 2.19. The molecule has 0 unspecified atom stereocenters. The van der Waals surface area contributed by atoms with Gasteiger partial charge in [-0.1, -0.05) is 0 Å². The van der Waals surface area contributed by atoms with Crippen LogP contribution in [0.1, 0.15) is 12.7 Å². The summed E-state index contributed by atoms with van der Waals surface area (Å²) < 4.78 is 5.46. The molecular weight excluding hydrogens is 236 g/mol. The zero-order valence-corrected chi connectivity index (χ0v) is 10.4. The normalized spacial score (nSPS) is 10.2. The van der Waals surface area contributed by atoms with Crippen LogP contribution in [-0.2, 0) is 4.79 Å². The van der Waals surface area contributed by atoms with E-state index in [1.807, 2.05) is 31.2 Å². The van der Waals surface area contributed by atoms with Gasteiger partial charge in [-0.15, -0.1) is 0 Å². The predicted octanol–water partition coefficient (Wildman–Crippen LogP) is 2.57. The minimum Gasteiger partial charge on any atom is -0.461 e. The highest BCUT2D eigenvalue weighted by Crippen LogP contribution is 2.22. The van der Waals surface area contributed by atoms with Gasteiger partial charge in [-0.3, -0.25) is 4.79 Å². The topological polar surface area (TPSA) is 54.3 Å². The first-order valence-electron chi connectivity index (χ1n) is 5.13. The second kappa shape index (κ2) is 4.55. The van der Waals surface area contributed by atoms with Crippen LogP contribution in [-0.4, -0.2) is 11.0 Å². The highest BCUT2D eigenvalue weighted by molar-refractivity contribution is 7.80. The first-order valence-corrected chi connectivity index (χ1v) is 5.54. The van der Waals surface area contributed by atoms with Gasteiger partial charge < -0.3 is 15.1 Å². The minimum atomic E-state index is -0.192. The summed E-state index contributed by atoms with van der Waals surface area (Å²) in [6.45, 7) is 3.31. The lowest BCUT2D eigenvalue weighted by molar-refractivity contribution is -0.117. The number of furan rings is 1. The second-order valence-corrected chi connectivity index (χ2v) is 4.15. The van der Waals surface area contributed by atoms with Crippen LogP contribution in [0, 0.1) is 6.92 Å². The number of carbonyl (C=O) groups excluding carboxylic acids is 1. The van der Waals surface area contributed by atoms with Crippen molar-refractivity contribution in [2.75, 3.05) is 5.32 Å². The molecule has 0 aliphatic heterocycles. The highest BCUT2D eigenvalue weighted by atomic mass is 32.1. The third kappa shape index (κ3) is 2.82. The molecule has 88 valence electrons. The maximum absolute atomic E-state index is 10.8. The minimum absolute atomic E-state index is 0.192. The van der Waals surface area contributed by atoms with Crippen LogP contribution < -0.4 is 10.6 Å². The number of anilines is 1. The molecule has 1 heterocycles. The largest absolute Gasteiger partial charge is 0.461 e. The Bertz CT molecular complexity index is 589. The van der Waals surface area contributed by atoms with Gasteiger partial charge >= 0.3 is 0 Å². The van der Waals surface area contributed by atoms with Gasteiger partial charge in [0, 0.05) is 18.0 Å². The summed E-state index contributed by atoms with van der Waals surface area (Å²) in [4.78, 5) is 10.8. The summed E-state index contributed by atoms with van der Waals surface area (Å²) in [5, 5.41) is 6.72. The van der Waals surface area contributed by atoms with Crippen molar-refractivity contribution in [2.45, 2.75) is 13.8 Å². The van der Waals surface area contributed by atoms with Crippen LogP contribution in [0.15, 0.2) is 28.7 Å². The molecule has 4 nitrogen and oxygen atoms in total. The van der Waals surface area contributed by atoms with Crippen molar-refractivity contribution in [2.24, 2.45) is 0 Å². The number of amides is 1. The fraction of sp³-hybridized carbons (Fsp3) is 0.167. The third-order valence-corrected chi connectivity index (χ3v) is 2.39. The van der Waals surface area contributed by atoms with Gasteiger partial charge in [0.25, 0.3) is 0 Å². The molecule has 2 rings (SSSR count). The first-order chi connectivity index (χ1) is 8.04. The Morgan fingerprint density at radius 1 is 1.35 bits per heavy atom. The Kier molecular flexibility index (Phi) is 3.10. The first kappa shape index (κ1) is 11.6. The van der Waals surface area contributed by atoms with E-state index >= 15 is 0 Å². The smallest absolute Gasteiger partial charge is 0.222 e. The summed E-state index contributed by atoms with van der Waals surface area (Å²) in [7, 11) is 0. The van der Waals surface area contributed by atoms with Gasteiger partial charge in [0.15, 0.2) is 5.11 Å². The van der Waals surface area contributed by atoms with Gasteiger partial charge in [0.05, 0.1) is 0 Å². The molecular formula is C12H12N2O2S. The van der Waals surface area contributed by atoms with Crippen molar-refractivity contribution >= 4 is 39.9 Å². The van der Waals surface area contributed by atoms with Crippen molar-refractivity contribution < 1.29 is 9.21 Å². The molecule has 0 fully saturated rings. The molecule has 0 spiro atoms. The van der Waals surface area contributed by atoms with E-state index < -0.39 is 0 Å². The maximum atomic E-state index is 10.8. The van der Waals surface area contributed by atoms with E-state index in [0.29, 0.717) is 0 Å². The molecule has 0 radical (unpaired) electrons. The molecule has 0 bridgehead atoms. The standard InChI is InChI=1S/C12H12N2O2S/c1-7-5-9-6-10(3-4-11(9)16-7)14-12(17)13-8(2)15/h3-6H,1-2H3,(H2,13,14,15,17). The van der Waals surface area contributed by atoms with Crippen molar-refractivity contribution in [3.8, 4) is 0 Å². The summed E-state index contributed by atoms with van der Waals surface area (Å²) in [5.41, 5.74) is 1.65. The van der Waals surface area contributed by atoms with Crippen molar-refractivity contribution in [1.82, 2.24) is 5.32 Å². The van der Waals surface area contributed by atoms with Crippen molar-refractivity contribution in [3.05, 3.63) is 30.0 Å². The van der Waals surface area contributed by atoms with E-state index in [1.165, 1.54) is 6.92 Å². The zero-order valence-electron chi connectivity index (χ0n) is 9.53. The summed E-state index contributed by atoms with van der Waals surface area (Å²) in [5.74, 6) is 0.671. The Morgan fingerprint density at radius 2 is 2.12 bits per heavy atom. The molecule has 1 amide bonds. The number of hydrogen-bond acceptors (Lipinski definition) is 3. The lowest BCUT2D eigenvalue weighted by Gasteiger charge is -2.07. The summed E-state index contributed by atoms with van der Waals surface area (Å²) in [6.07, 6.45) is 0. The molecule has 1 aromatic carbocycles. The Labute approximate surface area is 104 Å². The van der Waals surface area contributed by atoms with Gasteiger partial charge in [-0.2, -0.15) is 0 Å². The molecule has 0 atom stereocenters. The van der Waals surface area contributed by atoms with Gasteiger partial charge in [0.2, 0.25) is 5.91 Å². The van der Waals surface area contributed by atoms with Crippen molar-refractivity contribution in [1.29, 1.82) is 0 Å². The highest BCUT2D eigenvalue weighted by Gasteiger charge is 2.03. The van der Waals surface area contributed by atoms with Crippen LogP contribution >= 0.6 is 12.2 Å². The Morgan fingerprint density at radius 3 is 2.82 bits per heavy atom. The van der Waals surface area contributed by atoms with E-state index in [9.17, 15) is 4.79 Å². The molecule has 2 N–H and O–H groups in total. The number of benzene rings is 1. The number of thiocarbonyl (C=S) groups is 1. The van der Waals surface area contributed by atoms with Crippen LogP contribution in [0.3, 0.4) is 0 Å². The van der Waals surface area contributed by atoms with Crippen LogP contribution in [0.2, 0.25) is 0 Å². The molecule has 5 heteroatoms. The van der Waals surface area contributed by atoms with E-state index in [0.717, 1.165) is 22.4 Å². The van der Waals surface area contributed by atoms with Gasteiger partial charge in [-0.25, -0.2) is 0 Å². The maximum Gasteiger partial charge on any atom is 0.222 e. The van der Waals surface area contributed by atoms with Crippen LogP contribution in [0.4, 0.5) is 5.69 Å². The van der Waals surface area contributed by atoms with E-state index in [4.69, 9.17) is 16.6 Å². The molecule has 1 aromatic heterocycles. The second-order valence-electron chi connectivity index (χ2n) is 3.74. The summed E-state index contributed by atoms with van der Waals surface area (Å²) >= 11 is 4.97. The molecule has 0 saturated heterocycles. The number of aryl methyl sites for hydroxylation is 1. The quantitative estimate of drug-likeness (QED) is 0.762. The van der Waals surface area contributed by atoms with E-state index in [1.54, 1.807) is 0 Å². The molecule has 0 aliphatic carbocycles. The van der Waals surface area contributed by atoms with Gasteiger partial charge in [-0.05, 0) is 43.4 Å². The number of hydrogen-bond donors (Lipinski definition) is 2. The van der Waals surface area contributed by atoms with E-state index in [2.05, 4.69) is 10.6 Å². The lowest BCUT2D eigenvalue weighted by Crippen LogP contribution is -2.32. The molecule has 2 aromatic rings. The number of nitrogens with one attached hydrogen (secondary N) is 2. The molecule has 17 heavy (non-hydrogen) atoms. The number of rotatable bonds is 1. The number of fused-ring (bicyclic) bond motifs is 1. The zero-order chi connectivity index (χ0) is 12.4. The Hall–Kier alpha value is -1.88. The number of carbonyl (C=O) groups is 1. The average molecular weight is 248 g/mol. The summed E-state index contributed by atoms with van der Waals surface area (Å²) in [6, 6.07) is 7.57. The van der Waals surface area contributed by atoms with Crippen LogP contribution in [0.25, 0.3) is 11.0 Å². The fourth-order valence-corrected chi connectivity index (χ4v) is 1.84. The monoisotopic (exact) mass is 248 g/mol. The fourth-order valence-electron chi connectivity index (χ4n) is 1.58. The lowest BCUT2D eigenvalue weighted by atomic mass is 10.2. The predicted molar refractivity (Wildman–Crippen MR) is 71.0 cm³/mol.